The third kappa shape index (κ3) is 2.95. The highest BCUT2D eigenvalue weighted by atomic mass is 32.1. The van der Waals surface area contributed by atoms with Gasteiger partial charge in [0.15, 0.2) is 5.82 Å². The van der Waals surface area contributed by atoms with Crippen molar-refractivity contribution in [2.24, 2.45) is 11.8 Å². The monoisotopic (exact) mass is 360 g/mol. The van der Waals surface area contributed by atoms with Crippen LogP contribution in [0.5, 0.6) is 5.88 Å². The Morgan fingerprint density at radius 2 is 2.12 bits per heavy atom. The van der Waals surface area contributed by atoms with Crippen LogP contribution in [0.15, 0.2) is 22.8 Å². The molecule has 134 valence electrons. The van der Waals surface area contributed by atoms with E-state index in [1.54, 1.807) is 10.8 Å². The number of fused-ring (bicyclic) bond motifs is 1. The molecule has 0 aliphatic carbocycles. The van der Waals surface area contributed by atoms with Crippen molar-refractivity contribution in [1.29, 1.82) is 0 Å². The van der Waals surface area contributed by atoms with Crippen LogP contribution in [0, 0.1) is 11.8 Å². The number of aromatic hydroxyl groups is 1. The Hall–Kier alpha value is -1.86. The molecular formula is C18H24N4O2S. The molecule has 1 aliphatic rings. The summed E-state index contributed by atoms with van der Waals surface area (Å²) in [4.78, 5) is 8.52. The van der Waals surface area contributed by atoms with Crippen LogP contribution in [0.1, 0.15) is 49.7 Å². The SMILES string of the molecule is CCc1nc2sc([C@@H](c3ccco3)N3C[C@@H](C)C[C@H](C)C3)c(O)n2n1. The molecule has 0 amide bonds. The molecule has 0 aromatic carbocycles. The predicted octanol–water partition coefficient (Wildman–Crippen LogP) is 3.72. The standard InChI is InChI=1S/C18H24N4O2S/c1-4-14-19-18-22(20-14)17(23)16(25-18)15(13-6-5-7-24-13)21-9-11(2)8-12(3)10-21/h5-7,11-12,15,23H,4,8-10H2,1-3H3/t11-,12-,15+/m0/s1. The van der Waals surface area contributed by atoms with Gasteiger partial charge in [0.1, 0.15) is 11.8 Å². The van der Waals surface area contributed by atoms with Gasteiger partial charge in [0.25, 0.3) is 0 Å². The number of hydrogen-bond acceptors (Lipinski definition) is 6. The first-order valence-corrected chi connectivity index (χ1v) is 9.73. The highest BCUT2D eigenvalue weighted by Gasteiger charge is 2.35. The van der Waals surface area contributed by atoms with Crippen molar-refractivity contribution in [3.63, 3.8) is 0 Å². The molecule has 0 unspecified atom stereocenters. The number of piperidine rings is 1. The molecule has 4 rings (SSSR count). The maximum absolute atomic E-state index is 10.8. The van der Waals surface area contributed by atoms with Gasteiger partial charge in [0, 0.05) is 19.5 Å². The molecule has 1 saturated heterocycles. The molecule has 1 N–H and O–H groups in total. The van der Waals surface area contributed by atoms with Crippen LogP contribution in [0.2, 0.25) is 0 Å². The van der Waals surface area contributed by atoms with Gasteiger partial charge in [-0.25, -0.2) is 4.98 Å². The number of hydrogen-bond donors (Lipinski definition) is 1. The molecule has 1 fully saturated rings. The van der Waals surface area contributed by atoms with Gasteiger partial charge in [-0.1, -0.05) is 32.1 Å². The molecular weight excluding hydrogens is 336 g/mol. The van der Waals surface area contributed by atoms with Gasteiger partial charge >= 0.3 is 0 Å². The maximum atomic E-state index is 10.8. The summed E-state index contributed by atoms with van der Waals surface area (Å²) in [6.07, 6.45) is 3.69. The lowest BCUT2D eigenvalue weighted by Gasteiger charge is -2.38. The van der Waals surface area contributed by atoms with E-state index in [-0.39, 0.29) is 11.9 Å². The van der Waals surface area contributed by atoms with E-state index in [4.69, 9.17) is 4.42 Å². The van der Waals surface area contributed by atoms with Gasteiger partial charge in [-0.3, -0.25) is 4.90 Å². The Bertz CT molecular complexity index is 844. The van der Waals surface area contributed by atoms with Gasteiger partial charge in [-0.2, -0.15) is 4.52 Å². The van der Waals surface area contributed by atoms with Crippen LogP contribution in [0.4, 0.5) is 0 Å². The Balaban J connectivity index is 1.78. The minimum Gasteiger partial charge on any atom is -0.492 e. The number of likely N-dealkylation sites (tertiary alicyclic amines) is 1. The summed E-state index contributed by atoms with van der Waals surface area (Å²) >= 11 is 1.50. The summed E-state index contributed by atoms with van der Waals surface area (Å²) in [6.45, 7) is 8.57. The smallest absolute Gasteiger partial charge is 0.230 e. The second-order valence-corrected chi connectivity index (χ2v) is 8.19. The number of furan rings is 1. The molecule has 6 nitrogen and oxygen atoms in total. The van der Waals surface area contributed by atoms with Gasteiger partial charge in [-0.05, 0) is 30.4 Å². The van der Waals surface area contributed by atoms with E-state index in [0.717, 1.165) is 40.9 Å². The minimum absolute atomic E-state index is 0.0984. The summed E-state index contributed by atoms with van der Waals surface area (Å²) in [7, 11) is 0. The van der Waals surface area contributed by atoms with Crippen LogP contribution in [-0.4, -0.2) is 37.7 Å². The first-order valence-electron chi connectivity index (χ1n) is 8.91. The fraction of sp³-hybridized carbons (Fsp3) is 0.556. The first-order chi connectivity index (χ1) is 12.1. The van der Waals surface area contributed by atoms with Gasteiger partial charge in [-0.15, -0.1) is 5.10 Å². The lowest BCUT2D eigenvalue weighted by atomic mass is 9.90. The van der Waals surface area contributed by atoms with Gasteiger partial charge in [0.05, 0.1) is 11.1 Å². The van der Waals surface area contributed by atoms with Crippen LogP contribution in [0.25, 0.3) is 4.96 Å². The maximum Gasteiger partial charge on any atom is 0.230 e. The Kier molecular flexibility index (Phi) is 4.29. The van der Waals surface area contributed by atoms with Crippen molar-refractivity contribution in [3.8, 4) is 5.88 Å². The lowest BCUT2D eigenvalue weighted by Crippen LogP contribution is -2.41. The molecule has 3 aromatic rings. The van der Waals surface area contributed by atoms with Crippen LogP contribution in [-0.2, 0) is 6.42 Å². The molecule has 0 radical (unpaired) electrons. The molecule has 4 heterocycles. The number of thiazole rings is 1. The van der Waals surface area contributed by atoms with E-state index in [1.807, 2.05) is 19.1 Å². The second-order valence-electron chi connectivity index (χ2n) is 7.18. The van der Waals surface area contributed by atoms with Crippen molar-refractivity contribution in [2.45, 2.75) is 39.7 Å². The van der Waals surface area contributed by atoms with E-state index in [2.05, 4.69) is 28.8 Å². The summed E-state index contributed by atoms with van der Waals surface area (Å²) in [5, 5.41) is 15.2. The summed E-state index contributed by atoms with van der Waals surface area (Å²) < 4.78 is 7.31. The molecule has 3 atom stereocenters. The lowest BCUT2D eigenvalue weighted by molar-refractivity contribution is 0.102. The largest absolute Gasteiger partial charge is 0.492 e. The molecule has 7 heteroatoms. The fourth-order valence-corrected chi connectivity index (χ4v) is 5.08. The predicted molar refractivity (Wildman–Crippen MR) is 97.0 cm³/mol. The molecule has 3 aromatic heterocycles. The van der Waals surface area contributed by atoms with E-state index >= 15 is 0 Å². The summed E-state index contributed by atoms with van der Waals surface area (Å²) in [6, 6.07) is 3.79. The molecule has 0 saturated carbocycles. The second kappa shape index (κ2) is 6.46. The zero-order chi connectivity index (χ0) is 17.6. The fourth-order valence-electron chi connectivity index (χ4n) is 3.96. The van der Waals surface area contributed by atoms with E-state index in [0.29, 0.717) is 11.8 Å². The Labute approximate surface area is 151 Å². The van der Waals surface area contributed by atoms with Crippen LogP contribution in [0.3, 0.4) is 0 Å². The third-order valence-corrected chi connectivity index (χ3v) is 5.96. The number of aryl methyl sites for hydroxylation is 1. The van der Waals surface area contributed by atoms with Gasteiger partial charge < -0.3 is 9.52 Å². The van der Waals surface area contributed by atoms with E-state index in [1.165, 1.54) is 17.8 Å². The van der Waals surface area contributed by atoms with Crippen LogP contribution >= 0.6 is 11.3 Å². The first kappa shape index (κ1) is 16.6. The van der Waals surface area contributed by atoms with Gasteiger partial charge in [0.2, 0.25) is 10.8 Å². The quantitative estimate of drug-likeness (QED) is 0.768. The highest BCUT2D eigenvalue weighted by molar-refractivity contribution is 7.17. The number of rotatable bonds is 4. The van der Waals surface area contributed by atoms with Crippen molar-refractivity contribution in [2.75, 3.05) is 13.1 Å². The van der Waals surface area contributed by atoms with E-state index in [9.17, 15) is 5.11 Å². The molecule has 0 bridgehead atoms. The Morgan fingerprint density at radius 1 is 1.36 bits per heavy atom. The molecule has 25 heavy (non-hydrogen) atoms. The van der Waals surface area contributed by atoms with Crippen molar-refractivity contribution in [3.05, 3.63) is 34.9 Å². The topological polar surface area (TPSA) is 66.8 Å². The van der Waals surface area contributed by atoms with Crippen LogP contribution < -0.4 is 0 Å². The zero-order valence-electron chi connectivity index (χ0n) is 14.8. The average molecular weight is 360 g/mol. The van der Waals surface area contributed by atoms with Crippen molar-refractivity contribution >= 4 is 16.3 Å². The number of nitrogens with zero attached hydrogens (tertiary/aromatic N) is 4. The zero-order valence-corrected chi connectivity index (χ0v) is 15.7. The Morgan fingerprint density at radius 3 is 2.72 bits per heavy atom. The molecule has 1 aliphatic heterocycles. The van der Waals surface area contributed by atoms with E-state index < -0.39 is 0 Å². The summed E-state index contributed by atoms with van der Waals surface area (Å²) in [5.41, 5.74) is 0. The number of aromatic nitrogens is 3. The van der Waals surface area contributed by atoms with Crippen molar-refractivity contribution in [1.82, 2.24) is 19.5 Å². The van der Waals surface area contributed by atoms with Crippen molar-refractivity contribution < 1.29 is 9.52 Å². The average Bonchev–Trinajstić information content (AvgIpc) is 3.27. The molecule has 0 spiro atoms. The third-order valence-electron chi connectivity index (χ3n) is 4.88. The normalized spacial score (nSPS) is 23.3. The highest BCUT2D eigenvalue weighted by Crippen LogP contribution is 2.42. The minimum atomic E-state index is -0.0984. The summed E-state index contributed by atoms with van der Waals surface area (Å²) in [5.74, 6) is 3.04.